The Kier molecular flexibility index (Phi) is 4.62. The molecule has 0 unspecified atom stereocenters. The molecule has 8 nitrogen and oxygen atoms in total. The Morgan fingerprint density at radius 1 is 1.22 bits per heavy atom. The molecule has 0 aromatic carbocycles. The van der Waals surface area contributed by atoms with Crippen molar-refractivity contribution in [2.45, 2.75) is 0 Å². The van der Waals surface area contributed by atoms with E-state index in [0.717, 1.165) is 37.8 Å². The first kappa shape index (κ1) is 15.2. The number of aldehydes is 1. The maximum absolute atomic E-state index is 10.9. The van der Waals surface area contributed by atoms with Crippen LogP contribution in [0.5, 0.6) is 0 Å². The van der Waals surface area contributed by atoms with Gasteiger partial charge in [-0.05, 0) is 12.1 Å². The van der Waals surface area contributed by atoms with Crippen molar-refractivity contribution in [3.8, 4) is 0 Å². The molecule has 0 aliphatic carbocycles. The highest BCUT2D eigenvalue weighted by molar-refractivity contribution is 5.82. The molecule has 0 bridgehead atoms. The summed E-state index contributed by atoms with van der Waals surface area (Å²) in [5.41, 5.74) is 1.20. The van der Waals surface area contributed by atoms with Crippen molar-refractivity contribution in [3.63, 3.8) is 0 Å². The lowest BCUT2D eigenvalue weighted by Crippen LogP contribution is -2.36. The van der Waals surface area contributed by atoms with Gasteiger partial charge in [0.2, 0.25) is 5.95 Å². The van der Waals surface area contributed by atoms with Gasteiger partial charge in [-0.1, -0.05) is 0 Å². The number of aromatic nitrogens is 3. The van der Waals surface area contributed by atoms with E-state index in [4.69, 9.17) is 4.74 Å². The van der Waals surface area contributed by atoms with Crippen LogP contribution in [-0.2, 0) is 4.74 Å². The summed E-state index contributed by atoms with van der Waals surface area (Å²) in [5.74, 6) is 1.81. The first-order chi connectivity index (χ1) is 11.3. The topological polar surface area (TPSA) is 92.3 Å². The number of nitrogens with one attached hydrogen (secondary N) is 2. The minimum Gasteiger partial charge on any atom is -0.378 e. The number of morpholine rings is 1. The van der Waals surface area contributed by atoms with Crippen LogP contribution in [0.2, 0.25) is 0 Å². The number of carbonyl (C=O) groups excluding carboxylic acids is 1. The fourth-order valence-corrected chi connectivity index (χ4v) is 2.31. The molecule has 0 amide bonds. The summed E-state index contributed by atoms with van der Waals surface area (Å²) in [4.78, 5) is 25.9. The first-order valence-corrected chi connectivity index (χ1v) is 7.36. The highest BCUT2D eigenvalue weighted by Crippen LogP contribution is 2.19. The van der Waals surface area contributed by atoms with E-state index >= 15 is 0 Å². The van der Waals surface area contributed by atoms with Gasteiger partial charge in [-0.25, -0.2) is 9.97 Å². The highest BCUT2D eigenvalue weighted by Gasteiger charge is 2.12. The van der Waals surface area contributed by atoms with Crippen molar-refractivity contribution in [2.75, 3.05) is 48.9 Å². The molecule has 3 rings (SSSR count). The lowest BCUT2D eigenvalue weighted by atomic mass is 10.3. The fraction of sp³-hybridized carbons (Fsp3) is 0.333. The summed E-state index contributed by atoms with van der Waals surface area (Å²) in [6, 6.07) is 3.88. The second-order valence-electron chi connectivity index (χ2n) is 4.99. The molecule has 3 heterocycles. The van der Waals surface area contributed by atoms with Gasteiger partial charge in [-0.3, -0.25) is 4.79 Å². The zero-order valence-electron chi connectivity index (χ0n) is 12.8. The summed E-state index contributed by atoms with van der Waals surface area (Å²) in [6.45, 7) is 3.15. The van der Waals surface area contributed by atoms with Crippen LogP contribution in [-0.4, -0.2) is 54.6 Å². The van der Waals surface area contributed by atoms with Gasteiger partial charge in [0, 0.05) is 26.3 Å². The quantitative estimate of drug-likeness (QED) is 0.798. The van der Waals surface area contributed by atoms with E-state index in [1.54, 1.807) is 13.2 Å². The molecule has 1 aliphatic rings. The van der Waals surface area contributed by atoms with E-state index in [0.29, 0.717) is 23.6 Å². The van der Waals surface area contributed by atoms with Crippen LogP contribution < -0.4 is 15.5 Å². The van der Waals surface area contributed by atoms with Crippen LogP contribution in [0.4, 0.5) is 23.3 Å². The molecule has 1 fully saturated rings. The second-order valence-corrected chi connectivity index (χ2v) is 4.99. The Hall–Kier alpha value is -2.74. The number of rotatable bonds is 5. The van der Waals surface area contributed by atoms with Gasteiger partial charge in [0.15, 0.2) is 6.29 Å². The second kappa shape index (κ2) is 7.01. The van der Waals surface area contributed by atoms with Gasteiger partial charge in [0.25, 0.3) is 0 Å². The van der Waals surface area contributed by atoms with Crippen LogP contribution in [0.15, 0.2) is 24.5 Å². The van der Waals surface area contributed by atoms with Gasteiger partial charge in [0.05, 0.1) is 30.7 Å². The number of pyridine rings is 1. The Morgan fingerprint density at radius 2 is 2.04 bits per heavy atom. The number of hydrogen-bond acceptors (Lipinski definition) is 8. The third kappa shape index (κ3) is 3.54. The minimum atomic E-state index is 0.404. The lowest BCUT2D eigenvalue weighted by molar-refractivity contribution is 0.112. The molecule has 2 aromatic rings. The first-order valence-electron chi connectivity index (χ1n) is 7.36. The maximum atomic E-state index is 10.9. The predicted molar refractivity (Wildman–Crippen MR) is 87.5 cm³/mol. The highest BCUT2D eigenvalue weighted by atomic mass is 16.5. The van der Waals surface area contributed by atoms with Crippen LogP contribution in [0.25, 0.3) is 0 Å². The molecule has 0 spiro atoms. The molecule has 2 aromatic heterocycles. The largest absolute Gasteiger partial charge is 0.378 e. The summed E-state index contributed by atoms with van der Waals surface area (Å²) < 4.78 is 5.34. The molecule has 0 saturated carbocycles. The van der Waals surface area contributed by atoms with Crippen LogP contribution in [0.3, 0.4) is 0 Å². The number of carbonyl (C=O) groups is 1. The number of ether oxygens (including phenoxy) is 1. The number of hydrogen-bond donors (Lipinski definition) is 2. The molecule has 0 atom stereocenters. The predicted octanol–water partition coefficient (Wildman–Crippen LogP) is 1.31. The Labute approximate surface area is 133 Å². The van der Waals surface area contributed by atoms with Crippen LogP contribution in [0, 0.1) is 0 Å². The van der Waals surface area contributed by atoms with Crippen LogP contribution >= 0.6 is 0 Å². The Balaban J connectivity index is 1.71. The lowest BCUT2D eigenvalue weighted by Gasteiger charge is -2.27. The third-order valence-electron chi connectivity index (χ3n) is 3.52. The molecule has 23 heavy (non-hydrogen) atoms. The van der Waals surface area contributed by atoms with E-state index in [1.165, 1.54) is 6.20 Å². The van der Waals surface area contributed by atoms with Gasteiger partial charge in [0.1, 0.15) is 11.6 Å². The van der Waals surface area contributed by atoms with E-state index in [-0.39, 0.29) is 0 Å². The molecule has 1 saturated heterocycles. The van der Waals surface area contributed by atoms with Crippen molar-refractivity contribution in [1.82, 2.24) is 15.0 Å². The molecule has 0 radical (unpaired) electrons. The van der Waals surface area contributed by atoms with Gasteiger partial charge < -0.3 is 20.3 Å². The van der Waals surface area contributed by atoms with E-state index in [9.17, 15) is 4.79 Å². The average Bonchev–Trinajstić information content (AvgIpc) is 2.63. The average molecular weight is 314 g/mol. The molecule has 8 heteroatoms. The van der Waals surface area contributed by atoms with E-state index < -0.39 is 0 Å². The number of nitrogens with zero attached hydrogens (tertiary/aromatic N) is 4. The fourth-order valence-electron chi connectivity index (χ4n) is 2.31. The normalized spacial score (nSPS) is 14.4. The van der Waals surface area contributed by atoms with Crippen molar-refractivity contribution < 1.29 is 9.53 Å². The van der Waals surface area contributed by atoms with E-state index in [1.807, 2.05) is 12.1 Å². The van der Waals surface area contributed by atoms with Crippen molar-refractivity contribution >= 4 is 29.6 Å². The maximum Gasteiger partial charge on any atom is 0.229 e. The number of anilines is 4. The molecule has 120 valence electrons. The Morgan fingerprint density at radius 3 is 2.70 bits per heavy atom. The zero-order valence-corrected chi connectivity index (χ0v) is 12.8. The van der Waals surface area contributed by atoms with Gasteiger partial charge in [-0.2, -0.15) is 4.98 Å². The summed E-state index contributed by atoms with van der Waals surface area (Å²) in [6.07, 6.45) is 3.93. The van der Waals surface area contributed by atoms with E-state index in [2.05, 4.69) is 30.5 Å². The van der Waals surface area contributed by atoms with Crippen LogP contribution in [0.1, 0.15) is 10.4 Å². The van der Waals surface area contributed by atoms with Crippen molar-refractivity contribution in [3.05, 3.63) is 30.1 Å². The van der Waals surface area contributed by atoms with Crippen molar-refractivity contribution in [1.29, 1.82) is 0 Å². The molecule has 2 N–H and O–H groups in total. The Bertz CT molecular complexity index is 670. The SMILES string of the molecule is CNc1nc(Nc2ccc(N3CCOCC3)nc2)ncc1C=O. The summed E-state index contributed by atoms with van der Waals surface area (Å²) in [7, 11) is 1.71. The smallest absolute Gasteiger partial charge is 0.229 e. The van der Waals surface area contributed by atoms with Crippen molar-refractivity contribution in [2.24, 2.45) is 0 Å². The van der Waals surface area contributed by atoms with Gasteiger partial charge >= 0.3 is 0 Å². The molecular weight excluding hydrogens is 296 g/mol. The minimum absolute atomic E-state index is 0.404. The third-order valence-corrected chi connectivity index (χ3v) is 3.52. The zero-order chi connectivity index (χ0) is 16.1. The molecular formula is C15H18N6O2. The molecule has 1 aliphatic heterocycles. The summed E-state index contributed by atoms with van der Waals surface area (Å²) >= 11 is 0. The van der Waals surface area contributed by atoms with Gasteiger partial charge in [-0.15, -0.1) is 0 Å². The summed E-state index contributed by atoms with van der Waals surface area (Å²) in [5, 5.41) is 5.94. The standard InChI is InChI=1S/C15H18N6O2/c1-16-14-11(10-22)8-18-15(20-14)19-12-2-3-13(17-9-12)21-4-6-23-7-5-21/h2-3,8-10H,4-7H2,1H3,(H2,16,18,19,20). The monoisotopic (exact) mass is 314 g/mol.